The first kappa shape index (κ1) is 16.2. The highest BCUT2D eigenvalue weighted by atomic mass is 16.7. The molecule has 0 radical (unpaired) electrons. The van der Waals surface area contributed by atoms with Gasteiger partial charge in [-0.05, 0) is 6.92 Å². The molecule has 23 heavy (non-hydrogen) atoms. The molecular weight excluding hydrogens is 304 g/mol. The van der Waals surface area contributed by atoms with Gasteiger partial charge in [-0.1, -0.05) is 12.1 Å². The molecule has 7 heteroatoms. The number of methoxy groups -OCH3 is 2. The van der Waals surface area contributed by atoms with Gasteiger partial charge < -0.3 is 29.2 Å². The van der Waals surface area contributed by atoms with Gasteiger partial charge in [-0.25, -0.2) is 4.79 Å². The average molecular weight is 324 g/mol. The molecule has 0 aromatic heterocycles. The van der Waals surface area contributed by atoms with Gasteiger partial charge in [0, 0.05) is 24.7 Å². The third-order valence-electron chi connectivity index (χ3n) is 4.37. The molecule has 0 amide bonds. The number of benzene rings is 1. The van der Waals surface area contributed by atoms with E-state index in [-0.39, 0.29) is 6.42 Å². The summed E-state index contributed by atoms with van der Waals surface area (Å²) in [5.74, 6) is -0.164. The molecule has 2 heterocycles. The number of aliphatic hydroxyl groups is 2. The van der Waals surface area contributed by atoms with E-state index in [0.717, 1.165) is 0 Å². The molecule has 1 aromatic rings. The maximum absolute atomic E-state index is 12.1. The van der Waals surface area contributed by atoms with Crippen molar-refractivity contribution in [3.8, 4) is 5.75 Å². The van der Waals surface area contributed by atoms with E-state index in [2.05, 4.69) is 0 Å². The lowest BCUT2D eigenvalue weighted by molar-refractivity contribution is -0.163. The van der Waals surface area contributed by atoms with Gasteiger partial charge >= 0.3 is 5.97 Å². The van der Waals surface area contributed by atoms with E-state index in [1.807, 2.05) is 0 Å². The van der Waals surface area contributed by atoms with Crippen LogP contribution in [0.2, 0.25) is 0 Å². The van der Waals surface area contributed by atoms with Crippen molar-refractivity contribution in [1.29, 1.82) is 0 Å². The van der Waals surface area contributed by atoms with E-state index in [1.54, 1.807) is 19.1 Å². The third-order valence-corrected chi connectivity index (χ3v) is 4.37. The zero-order valence-electron chi connectivity index (χ0n) is 13.2. The second-order valence-corrected chi connectivity index (χ2v) is 5.75. The van der Waals surface area contributed by atoms with Crippen LogP contribution >= 0.6 is 0 Å². The van der Waals surface area contributed by atoms with Crippen molar-refractivity contribution in [3.63, 3.8) is 0 Å². The second kappa shape index (κ2) is 6.09. The van der Waals surface area contributed by atoms with Crippen molar-refractivity contribution < 1.29 is 34.0 Å². The molecule has 1 saturated heterocycles. The molecule has 2 N–H and O–H groups in total. The summed E-state index contributed by atoms with van der Waals surface area (Å²) >= 11 is 0. The van der Waals surface area contributed by atoms with E-state index in [0.29, 0.717) is 22.4 Å². The molecule has 1 unspecified atom stereocenters. The second-order valence-electron chi connectivity index (χ2n) is 5.75. The predicted molar refractivity (Wildman–Crippen MR) is 78.1 cm³/mol. The number of esters is 1. The molecule has 3 rings (SSSR count). The van der Waals surface area contributed by atoms with Crippen LogP contribution in [0, 0.1) is 0 Å². The van der Waals surface area contributed by atoms with E-state index in [1.165, 1.54) is 14.2 Å². The number of carbonyl (C=O) groups is 1. The lowest BCUT2D eigenvalue weighted by Crippen LogP contribution is -2.44. The fourth-order valence-electron chi connectivity index (χ4n) is 3.16. The van der Waals surface area contributed by atoms with Gasteiger partial charge in [-0.2, -0.15) is 0 Å². The summed E-state index contributed by atoms with van der Waals surface area (Å²) in [6.45, 7) is 1.69. The minimum Gasteiger partial charge on any atom is -0.495 e. The van der Waals surface area contributed by atoms with Crippen molar-refractivity contribution in [1.82, 2.24) is 0 Å². The number of ether oxygens (including phenoxy) is 4. The van der Waals surface area contributed by atoms with E-state index in [4.69, 9.17) is 18.9 Å². The number of hydrogen-bond donors (Lipinski definition) is 2. The Balaban J connectivity index is 2.02. The highest BCUT2D eigenvalue weighted by Gasteiger charge is 2.40. The summed E-state index contributed by atoms with van der Waals surface area (Å²) < 4.78 is 21.5. The van der Waals surface area contributed by atoms with Crippen LogP contribution in [0.15, 0.2) is 12.1 Å². The van der Waals surface area contributed by atoms with Crippen molar-refractivity contribution in [2.45, 2.75) is 44.1 Å². The highest BCUT2D eigenvalue weighted by molar-refractivity contribution is 5.97. The van der Waals surface area contributed by atoms with Crippen LogP contribution in [0.25, 0.3) is 0 Å². The molecule has 0 spiro atoms. The Bertz CT molecular complexity index is 603. The maximum Gasteiger partial charge on any atom is 0.345 e. The van der Waals surface area contributed by atoms with E-state index >= 15 is 0 Å². The van der Waals surface area contributed by atoms with Crippen LogP contribution in [0.3, 0.4) is 0 Å². The van der Waals surface area contributed by atoms with Crippen LogP contribution in [-0.2, 0) is 14.2 Å². The summed E-state index contributed by atoms with van der Waals surface area (Å²) in [5.41, 5.74) is 1.55. The Kier molecular flexibility index (Phi) is 4.29. The summed E-state index contributed by atoms with van der Waals surface area (Å²) in [7, 11) is 2.92. The van der Waals surface area contributed by atoms with Crippen LogP contribution in [0.4, 0.5) is 0 Å². The highest BCUT2D eigenvalue weighted by Crippen LogP contribution is 2.43. The Morgan fingerprint density at radius 3 is 2.52 bits per heavy atom. The molecule has 0 bridgehead atoms. The lowest BCUT2D eigenvalue weighted by Gasteiger charge is -2.36. The first-order chi connectivity index (χ1) is 11.0. The van der Waals surface area contributed by atoms with Gasteiger partial charge in [0.1, 0.15) is 17.4 Å². The molecule has 0 saturated carbocycles. The van der Waals surface area contributed by atoms with Gasteiger partial charge in [0.2, 0.25) is 6.29 Å². The SMILES string of the molecule is COc1c([C@H]2C[C@@H](O)[C@H](O)[C@@H](C)O2)ccc2c1C(=O)OC2OC. The Labute approximate surface area is 133 Å². The number of fused-ring (bicyclic) bond motifs is 1. The van der Waals surface area contributed by atoms with Gasteiger partial charge in [0.15, 0.2) is 0 Å². The largest absolute Gasteiger partial charge is 0.495 e. The maximum atomic E-state index is 12.1. The zero-order valence-corrected chi connectivity index (χ0v) is 13.2. The standard InChI is InChI=1S/C16H20O7/c1-7-13(18)10(17)6-11(22-7)8-4-5-9-12(14(8)20-2)15(19)23-16(9)21-3/h4-5,7,10-11,13,16-18H,6H2,1-3H3/t7-,10-,11-,13-,16?/m1/s1. The Morgan fingerprint density at radius 2 is 1.91 bits per heavy atom. The summed E-state index contributed by atoms with van der Waals surface area (Å²) in [6, 6.07) is 3.51. The van der Waals surface area contributed by atoms with E-state index in [9.17, 15) is 15.0 Å². The molecule has 2 aliphatic rings. The van der Waals surface area contributed by atoms with Crippen LogP contribution in [0.1, 0.15) is 47.2 Å². The molecule has 7 nitrogen and oxygen atoms in total. The molecular formula is C16H20O7. The van der Waals surface area contributed by atoms with E-state index < -0.39 is 36.7 Å². The molecule has 0 aliphatic carbocycles. The molecule has 5 atom stereocenters. The molecule has 2 aliphatic heterocycles. The van der Waals surface area contributed by atoms with Crippen LogP contribution in [-0.4, -0.2) is 48.7 Å². The van der Waals surface area contributed by atoms with Crippen molar-refractivity contribution in [2.75, 3.05) is 14.2 Å². The summed E-state index contributed by atoms with van der Waals surface area (Å²) in [4.78, 5) is 12.1. The smallest absolute Gasteiger partial charge is 0.345 e. The molecule has 1 fully saturated rings. The van der Waals surface area contributed by atoms with Gasteiger partial charge in [0.05, 0.1) is 25.4 Å². The van der Waals surface area contributed by atoms with Crippen molar-refractivity contribution >= 4 is 5.97 Å². The van der Waals surface area contributed by atoms with Crippen molar-refractivity contribution in [3.05, 3.63) is 28.8 Å². The number of aliphatic hydroxyl groups excluding tert-OH is 2. The first-order valence-corrected chi connectivity index (χ1v) is 7.44. The number of rotatable bonds is 3. The number of cyclic esters (lactones) is 1. The summed E-state index contributed by atoms with van der Waals surface area (Å²) in [5, 5.41) is 19.8. The predicted octanol–water partition coefficient (Wildman–Crippen LogP) is 1.08. The molecule has 1 aromatic carbocycles. The fourth-order valence-corrected chi connectivity index (χ4v) is 3.16. The number of carbonyl (C=O) groups excluding carboxylic acids is 1. The minimum absolute atomic E-state index is 0.212. The fraction of sp³-hybridized carbons (Fsp3) is 0.562. The van der Waals surface area contributed by atoms with Gasteiger partial charge in [-0.3, -0.25) is 0 Å². The third kappa shape index (κ3) is 2.59. The average Bonchev–Trinajstić information content (AvgIpc) is 2.87. The van der Waals surface area contributed by atoms with Crippen LogP contribution in [0.5, 0.6) is 5.75 Å². The Morgan fingerprint density at radius 1 is 1.22 bits per heavy atom. The summed E-state index contributed by atoms with van der Waals surface area (Å²) in [6.07, 6.45) is -3.39. The first-order valence-electron chi connectivity index (χ1n) is 7.44. The lowest BCUT2D eigenvalue weighted by atomic mass is 9.92. The monoisotopic (exact) mass is 324 g/mol. The quantitative estimate of drug-likeness (QED) is 0.803. The topological polar surface area (TPSA) is 94.5 Å². The minimum atomic E-state index is -0.936. The molecule has 126 valence electrons. The van der Waals surface area contributed by atoms with Gasteiger partial charge in [0.25, 0.3) is 0 Å². The Hall–Kier alpha value is -1.67. The van der Waals surface area contributed by atoms with Gasteiger partial charge in [-0.15, -0.1) is 0 Å². The zero-order chi connectivity index (χ0) is 16.7. The van der Waals surface area contributed by atoms with Crippen LogP contribution < -0.4 is 4.74 Å². The van der Waals surface area contributed by atoms with Crippen molar-refractivity contribution in [2.24, 2.45) is 0 Å². The normalized spacial score (nSPS) is 33.3. The number of hydrogen-bond acceptors (Lipinski definition) is 7.